The van der Waals surface area contributed by atoms with E-state index in [1.165, 1.54) is 17.7 Å². The molecule has 0 saturated heterocycles. The summed E-state index contributed by atoms with van der Waals surface area (Å²) in [7, 11) is 0. The molecule has 0 amide bonds. The molecule has 0 radical (unpaired) electrons. The third kappa shape index (κ3) is 3.78. The van der Waals surface area contributed by atoms with Crippen molar-refractivity contribution >= 4 is 11.3 Å². The molecule has 1 aliphatic carbocycles. The van der Waals surface area contributed by atoms with Gasteiger partial charge in [0.25, 0.3) is 0 Å². The van der Waals surface area contributed by atoms with E-state index >= 15 is 0 Å². The molecule has 4 heteroatoms. The number of ether oxygens (including phenoxy) is 1. The van der Waals surface area contributed by atoms with E-state index in [1.807, 2.05) is 11.3 Å². The molecule has 1 aromatic heterocycles. The molecule has 1 aromatic rings. The average Bonchev–Trinajstić information content (AvgIpc) is 2.77. The lowest BCUT2D eigenvalue weighted by Gasteiger charge is -2.36. The van der Waals surface area contributed by atoms with Gasteiger partial charge in [-0.1, -0.05) is 6.07 Å². The van der Waals surface area contributed by atoms with Gasteiger partial charge in [0.05, 0.1) is 6.10 Å². The Morgan fingerprint density at radius 2 is 2.41 bits per heavy atom. The smallest absolute Gasteiger partial charge is 0.0580 e. The van der Waals surface area contributed by atoms with Gasteiger partial charge in [-0.15, -0.1) is 11.3 Å². The van der Waals surface area contributed by atoms with Crippen LogP contribution >= 0.6 is 11.3 Å². The van der Waals surface area contributed by atoms with Crippen molar-refractivity contribution in [2.45, 2.75) is 44.8 Å². The van der Waals surface area contributed by atoms with Crippen LogP contribution in [0.4, 0.5) is 0 Å². The number of nitrogens with two attached hydrogens (primary N) is 1. The highest BCUT2D eigenvalue weighted by molar-refractivity contribution is 7.09. The van der Waals surface area contributed by atoms with Crippen molar-refractivity contribution in [2.75, 3.05) is 6.61 Å². The molecule has 96 valence electrons. The van der Waals surface area contributed by atoms with Crippen LogP contribution in [0, 0.1) is 5.92 Å². The Balaban J connectivity index is 1.70. The lowest BCUT2D eigenvalue weighted by Crippen LogP contribution is -2.42. The number of hydrazine groups is 1. The van der Waals surface area contributed by atoms with Crippen LogP contribution in [0.2, 0.25) is 0 Å². The van der Waals surface area contributed by atoms with Crippen LogP contribution in [0.3, 0.4) is 0 Å². The molecule has 0 aromatic carbocycles. The van der Waals surface area contributed by atoms with Crippen LogP contribution in [0.15, 0.2) is 17.5 Å². The second-order valence-electron chi connectivity index (χ2n) is 4.80. The van der Waals surface area contributed by atoms with Crippen molar-refractivity contribution in [3.63, 3.8) is 0 Å². The largest absolute Gasteiger partial charge is 0.378 e. The fourth-order valence-corrected chi connectivity index (χ4v) is 3.31. The summed E-state index contributed by atoms with van der Waals surface area (Å²) in [5.74, 6) is 6.42. The molecule has 1 unspecified atom stereocenters. The summed E-state index contributed by atoms with van der Waals surface area (Å²) in [5.41, 5.74) is 2.95. The van der Waals surface area contributed by atoms with E-state index < -0.39 is 0 Å². The monoisotopic (exact) mass is 254 g/mol. The van der Waals surface area contributed by atoms with Crippen molar-refractivity contribution in [2.24, 2.45) is 11.8 Å². The first-order valence-corrected chi connectivity index (χ1v) is 7.29. The lowest BCUT2D eigenvalue weighted by molar-refractivity contribution is -0.0290. The van der Waals surface area contributed by atoms with Crippen LogP contribution in [-0.2, 0) is 11.2 Å². The SMILES string of the molecule is CCOC1CC(CC(Cc2cccs2)NN)C1. The number of thiophene rings is 1. The molecule has 1 aliphatic rings. The van der Waals surface area contributed by atoms with Crippen molar-refractivity contribution in [3.05, 3.63) is 22.4 Å². The van der Waals surface area contributed by atoms with Gasteiger partial charge in [0.1, 0.15) is 0 Å². The summed E-state index contributed by atoms with van der Waals surface area (Å²) >= 11 is 1.81. The Bertz CT molecular complexity index is 309. The summed E-state index contributed by atoms with van der Waals surface area (Å²) in [6, 6.07) is 4.68. The standard InChI is InChI=1S/C13H22N2OS/c1-2-16-12-7-10(8-12)6-11(15-14)9-13-4-3-5-17-13/h3-5,10-12,15H,2,6-9,14H2,1H3. The Morgan fingerprint density at radius 1 is 1.59 bits per heavy atom. The van der Waals surface area contributed by atoms with Gasteiger partial charge in [-0.25, -0.2) is 0 Å². The maximum Gasteiger partial charge on any atom is 0.0580 e. The molecule has 17 heavy (non-hydrogen) atoms. The number of hydrogen-bond acceptors (Lipinski definition) is 4. The van der Waals surface area contributed by atoms with Crippen molar-refractivity contribution in [3.8, 4) is 0 Å². The minimum Gasteiger partial charge on any atom is -0.378 e. The summed E-state index contributed by atoms with van der Waals surface area (Å²) in [6.07, 6.45) is 5.12. The minimum atomic E-state index is 0.404. The van der Waals surface area contributed by atoms with Gasteiger partial charge in [0.2, 0.25) is 0 Å². The van der Waals surface area contributed by atoms with E-state index in [-0.39, 0.29) is 0 Å². The average molecular weight is 254 g/mol. The summed E-state index contributed by atoms with van der Waals surface area (Å²) in [5, 5.41) is 2.12. The first kappa shape index (κ1) is 13.0. The van der Waals surface area contributed by atoms with Gasteiger partial charge in [-0.3, -0.25) is 11.3 Å². The van der Waals surface area contributed by atoms with Crippen LogP contribution in [0.5, 0.6) is 0 Å². The normalized spacial score (nSPS) is 25.5. The van der Waals surface area contributed by atoms with E-state index in [0.717, 1.165) is 25.4 Å². The summed E-state index contributed by atoms with van der Waals surface area (Å²) in [6.45, 7) is 2.90. The van der Waals surface area contributed by atoms with Gasteiger partial charge >= 0.3 is 0 Å². The second kappa shape index (κ2) is 6.50. The van der Waals surface area contributed by atoms with E-state index in [2.05, 4.69) is 29.9 Å². The lowest BCUT2D eigenvalue weighted by atomic mass is 9.78. The number of hydrogen-bond donors (Lipinski definition) is 2. The molecule has 0 bridgehead atoms. The number of nitrogens with one attached hydrogen (secondary N) is 1. The zero-order valence-electron chi connectivity index (χ0n) is 10.4. The third-order valence-corrected chi connectivity index (χ3v) is 4.37. The van der Waals surface area contributed by atoms with Crippen molar-refractivity contribution < 1.29 is 4.74 Å². The first-order chi connectivity index (χ1) is 8.31. The summed E-state index contributed by atoms with van der Waals surface area (Å²) < 4.78 is 5.58. The zero-order chi connectivity index (χ0) is 12.1. The molecule has 2 rings (SSSR count). The highest BCUT2D eigenvalue weighted by atomic mass is 32.1. The molecule has 1 heterocycles. The van der Waals surface area contributed by atoms with Gasteiger partial charge in [-0.2, -0.15) is 0 Å². The Morgan fingerprint density at radius 3 is 3.00 bits per heavy atom. The van der Waals surface area contributed by atoms with E-state index in [9.17, 15) is 0 Å². The first-order valence-electron chi connectivity index (χ1n) is 6.42. The molecular weight excluding hydrogens is 232 g/mol. The van der Waals surface area contributed by atoms with E-state index in [4.69, 9.17) is 10.6 Å². The Kier molecular flexibility index (Phi) is 4.98. The highest BCUT2D eigenvalue weighted by Crippen LogP contribution is 2.34. The van der Waals surface area contributed by atoms with Gasteiger partial charge in [-0.05, 0) is 50.0 Å². The van der Waals surface area contributed by atoms with Crippen LogP contribution < -0.4 is 11.3 Å². The second-order valence-corrected chi connectivity index (χ2v) is 5.83. The predicted octanol–water partition coefficient (Wildman–Crippen LogP) is 2.33. The minimum absolute atomic E-state index is 0.404. The Hall–Kier alpha value is -0.420. The van der Waals surface area contributed by atoms with Crippen molar-refractivity contribution in [1.29, 1.82) is 0 Å². The quantitative estimate of drug-likeness (QED) is 0.580. The van der Waals surface area contributed by atoms with Crippen LogP contribution in [0.25, 0.3) is 0 Å². The molecule has 1 fully saturated rings. The van der Waals surface area contributed by atoms with Gasteiger partial charge in [0, 0.05) is 17.5 Å². The molecule has 1 atom stereocenters. The number of rotatable bonds is 7. The predicted molar refractivity (Wildman–Crippen MR) is 71.9 cm³/mol. The maximum atomic E-state index is 5.63. The molecule has 0 spiro atoms. The highest BCUT2D eigenvalue weighted by Gasteiger charge is 2.31. The molecule has 3 nitrogen and oxygen atoms in total. The molecular formula is C13H22N2OS. The summed E-state index contributed by atoms with van der Waals surface area (Å²) in [4.78, 5) is 1.41. The topological polar surface area (TPSA) is 47.3 Å². The third-order valence-electron chi connectivity index (χ3n) is 3.48. The Labute approximate surface area is 107 Å². The molecule has 0 aliphatic heterocycles. The fourth-order valence-electron chi connectivity index (χ4n) is 2.52. The van der Waals surface area contributed by atoms with Gasteiger partial charge in [0.15, 0.2) is 0 Å². The van der Waals surface area contributed by atoms with Crippen molar-refractivity contribution in [1.82, 2.24) is 5.43 Å². The molecule has 1 saturated carbocycles. The molecule has 3 N–H and O–H groups in total. The van der Waals surface area contributed by atoms with E-state index in [0.29, 0.717) is 12.1 Å². The fraction of sp³-hybridized carbons (Fsp3) is 0.692. The van der Waals surface area contributed by atoms with Crippen LogP contribution in [0.1, 0.15) is 31.1 Å². The maximum absolute atomic E-state index is 5.63. The zero-order valence-corrected chi connectivity index (χ0v) is 11.2. The van der Waals surface area contributed by atoms with Gasteiger partial charge < -0.3 is 4.74 Å². The van der Waals surface area contributed by atoms with E-state index in [1.54, 1.807) is 0 Å². The van der Waals surface area contributed by atoms with Crippen LogP contribution in [-0.4, -0.2) is 18.8 Å².